The fourth-order valence-electron chi connectivity index (χ4n) is 4.07. The summed E-state index contributed by atoms with van der Waals surface area (Å²) >= 11 is 0. The topological polar surface area (TPSA) is 110 Å². The molecular weight excluding hydrogens is 372 g/mol. The molecule has 3 aromatic rings. The van der Waals surface area contributed by atoms with Gasteiger partial charge in [0.2, 0.25) is 5.95 Å². The molecule has 0 radical (unpaired) electrons. The molecule has 1 N–H and O–H groups in total. The molecule has 0 unspecified atom stereocenters. The number of rotatable bonds is 3. The Morgan fingerprint density at radius 3 is 2.55 bits per heavy atom. The zero-order valence-electron chi connectivity index (χ0n) is 15.8. The van der Waals surface area contributed by atoms with Crippen LogP contribution in [0.1, 0.15) is 52.4 Å². The van der Waals surface area contributed by atoms with E-state index in [0.717, 1.165) is 30.6 Å². The van der Waals surface area contributed by atoms with Gasteiger partial charge in [-0.25, -0.2) is 9.97 Å². The van der Waals surface area contributed by atoms with E-state index in [2.05, 4.69) is 20.3 Å². The van der Waals surface area contributed by atoms with Crippen LogP contribution in [0.5, 0.6) is 0 Å². The van der Waals surface area contributed by atoms with E-state index in [1.165, 1.54) is 13.2 Å². The maximum atomic E-state index is 12.5. The number of benzene rings is 1. The lowest BCUT2D eigenvalue weighted by Crippen LogP contribution is -2.24. The van der Waals surface area contributed by atoms with Gasteiger partial charge in [0.25, 0.3) is 17.4 Å². The first kappa shape index (κ1) is 17.5. The summed E-state index contributed by atoms with van der Waals surface area (Å²) in [5, 5.41) is 3.07. The summed E-state index contributed by atoms with van der Waals surface area (Å²) in [6, 6.07) is 5.04. The third-order valence-electron chi connectivity index (χ3n) is 5.57. The van der Waals surface area contributed by atoms with E-state index in [1.54, 1.807) is 29.0 Å². The van der Waals surface area contributed by atoms with Crippen LogP contribution in [0, 0.1) is 0 Å². The quantitative estimate of drug-likeness (QED) is 0.683. The van der Waals surface area contributed by atoms with Crippen LogP contribution in [-0.2, 0) is 0 Å². The molecule has 2 aromatic heterocycles. The minimum absolute atomic E-state index is 0.120. The Bertz CT molecular complexity index is 1230. The molecule has 29 heavy (non-hydrogen) atoms. The van der Waals surface area contributed by atoms with Crippen LogP contribution in [0.15, 0.2) is 35.4 Å². The molecule has 0 bridgehead atoms. The highest BCUT2D eigenvalue weighted by atomic mass is 16.2. The van der Waals surface area contributed by atoms with Crippen molar-refractivity contribution in [1.82, 2.24) is 24.4 Å². The fraction of sp³-hybridized carbons (Fsp3) is 0.300. The highest BCUT2D eigenvalue weighted by molar-refractivity contribution is 6.21. The van der Waals surface area contributed by atoms with Crippen LogP contribution in [0.4, 0.5) is 11.6 Å². The fourth-order valence-corrected chi connectivity index (χ4v) is 4.07. The van der Waals surface area contributed by atoms with Gasteiger partial charge in [-0.3, -0.25) is 23.9 Å². The molecule has 2 aliphatic rings. The van der Waals surface area contributed by atoms with Crippen LogP contribution in [0.25, 0.3) is 11.2 Å². The van der Waals surface area contributed by atoms with Crippen LogP contribution in [0.3, 0.4) is 0 Å². The van der Waals surface area contributed by atoms with Crippen molar-refractivity contribution in [3.05, 3.63) is 52.1 Å². The van der Waals surface area contributed by atoms with E-state index in [9.17, 15) is 14.4 Å². The van der Waals surface area contributed by atoms with Gasteiger partial charge in [-0.1, -0.05) is 12.8 Å². The smallest absolute Gasteiger partial charge is 0.270 e. The highest BCUT2D eigenvalue weighted by Gasteiger charge is 2.32. The molecule has 5 rings (SSSR count). The number of hydrogen-bond acceptors (Lipinski definition) is 7. The Labute approximate surface area is 165 Å². The monoisotopic (exact) mass is 390 g/mol. The number of hydrogen-bond donors (Lipinski definition) is 1. The number of amides is 2. The molecule has 0 atom stereocenters. The van der Waals surface area contributed by atoms with Crippen LogP contribution in [-0.4, -0.2) is 43.3 Å². The van der Waals surface area contributed by atoms with Crippen molar-refractivity contribution in [2.75, 3.05) is 12.4 Å². The van der Waals surface area contributed by atoms with Gasteiger partial charge in [0.1, 0.15) is 5.52 Å². The van der Waals surface area contributed by atoms with Crippen LogP contribution >= 0.6 is 0 Å². The number of anilines is 2. The number of carbonyl (C=O) groups is 2. The summed E-state index contributed by atoms with van der Waals surface area (Å²) in [6.07, 6.45) is 6.96. The summed E-state index contributed by atoms with van der Waals surface area (Å²) in [4.78, 5) is 50.8. The van der Waals surface area contributed by atoms with E-state index in [-0.39, 0.29) is 23.4 Å². The van der Waals surface area contributed by atoms with Gasteiger partial charge in [0.15, 0.2) is 5.65 Å². The Morgan fingerprint density at radius 1 is 1.00 bits per heavy atom. The lowest BCUT2D eigenvalue weighted by atomic mass is 10.1. The maximum absolute atomic E-state index is 12.5. The molecule has 146 valence electrons. The molecule has 1 fully saturated rings. The predicted octanol–water partition coefficient (Wildman–Crippen LogP) is 2.27. The second-order valence-corrected chi connectivity index (χ2v) is 7.36. The van der Waals surface area contributed by atoms with Crippen molar-refractivity contribution < 1.29 is 9.59 Å². The number of nitrogens with one attached hydrogen (secondary N) is 1. The SMILES string of the molecule is CN1C(=O)c2ccc(Nc3ncc4ncc(=O)n(C5CCCC5)c4n3)cc2C1=O. The van der Waals surface area contributed by atoms with E-state index < -0.39 is 0 Å². The first-order valence-corrected chi connectivity index (χ1v) is 9.50. The largest absolute Gasteiger partial charge is 0.324 e. The minimum Gasteiger partial charge on any atom is -0.324 e. The van der Waals surface area contributed by atoms with Crippen molar-refractivity contribution in [1.29, 1.82) is 0 Å². The molecule has 2 amide bonds. The zero-order valence-corrected chi connectivity index (χ0v) is 15.8. The van der Waals surface area contributed by atoms with E-state index in [0.29, 0.717) is 33.9 Å². The second-order valence-electron chi connectivity index (χ2n) is 7.36. The van der Waals surface area contributed by atoms with Gasteiger partial charge < -0.3 is 5.32 Å². The van der Waals surface area contributed by atoms with Gasteiger partial charge in [0, 0.05) is 18.8 Å². The molecule has 1 saturated carbocycles. The molecule has 9 nitrogen and oxygen atoms in total. The molecule has 9 heteroatoms. The number of carbonyl (C=O) groups excluding carboxylic acids is 2. The first-order valence-electron chi connectivity index (χ1n) is 9.50. The standard InChI is InChI=1S/C20H18N6O3/c1-25-18(28)13-7-6-11(8-14(13)19(25)29)23-20-22-9-15-17(24-20)26(16(27)10-21-15)12-4-2-3-5-12/h6-10,12H,2-5H2,1H3,(H,22,23,24). The van der Waals surface area contributed by atoms with Crippen molar-refractivity contribution in [2.45, 2.75) is 31.7 Å². The number of nitrogens with zero attached hydrogens (tertiary/aromatic N) is 5. The predicted molar refractivity (Wildman–Crippen MR) is 105 cm³/mol. The van der Waals surface area contributed by atoms with Gasteiger partial charge in [-0.05, 0) is 31.0 Å². The van der Waals surface area contributed by atoms with Gasteiger partial charge >= 0.3 is 0 Å². The van der Waals surface area contributed by atoms with Crippen molar-refractivity contribution in [3.8, 4) is 0 Å². The average molecular weight is 390 g/mol. The summed E-state index contributed by atoms with van der Waals surface area (Å²) in [7, 11) is 1.46. The van der Waals surface area contributed by atoms with Crippen molar-refractivity contribution >= 4 is 34.6 Å². The maximum Gasteiger partial charge on any atom is 0.270 e. The van der Waals surface area contributed by atoms with Crippen LogP contribution < -0.4 is 10.9 Å². The van der Waals surface area contributed by atoms with Gasteiger partial charge in [-0.2, -0.15) is 4.98 Å². The third kappa shape index (κ3) is 2.77. The summed E-state index contributed by atoms with van der Waals surface area (Å²) < 4.78 is 1.71. The average Bonchev–Trinajstić information content (AvgIpc) is 3.32. The normalized spacial score (nSPS) is 16.7. The van der Waals surface area contributed by atoms with Gasteiger partial charge in [-0.15, -0.1) is 0 Å². The Balaban J connectivity index is 1.54. The molecule has 3 heterocycles. The molecule has 0 spiro atoms. The Hall–Kier alpha value is -3.62. The lowest BCUT2D eigenvalue weighted by Gasteiger charge is -2.15. The molecule has 0 saturated heterocycles. The molecule has 1 aromatic carbocycles. The Kier molecular flexibility index (Phi) is 3.90. The second kappa shape index (κ2) is 6.47. The number of imide groups is 1. The van der Waals surface area contributed by atoms with E-state index in [4.69, 9.17) is 0 Å². The van der Waals surface area contributed by atoms with Crippen molar-refractivity contribution in [2.24, 2.45) is 0 Å². The Morgan fingerprint density at radius 2 is 1.76 bits per heavy atom. The third-order valence-corrected chi connectivity index (χ3v) is 5.57. The van der Waals surface area contributed by atoms with Crippen molar-refractivity contribution in [3.63, 3.8) is 0 Å². The molecular formula is C20H18N6O3. The summed E-state index contributed by atoms with van der Waals surface area (Å²) in [6.45, 7) is 0. The zero-order chi connectivity index (χ0) is 20.1. The number of aromatic nitrogens is 4. The molecule has 1 aliphatic heterocycles. The van der Waals surface area contributed by atoms with Gasteiger partial charge in [0.05, 0.1) is 23.5 Å². The lowest BCUT2D eigenvalue weighted by molar-refractivity contribution is 0.0693. The highest BCUT2D eigenvalue weighted by Crippen LogP contribution is 2.30. The summed E-state index contributed by atoms with van der Waals surface area (Å²) in [5.74, 6) is -0.362. The van der Waals surface area contributed by atoms with E-state index in [1.807, 2.05) is 0 Å². The van der Waals surface area contributed by atoms with E-state index >= 15 is 0 Å². The first-order chi connectivity index (χ1) is 14.0. The summed E-state index contributed by atoms with van der Waals surface area (Å²) in [5.41, 5.74) is 2.18. The minimum atomic E-state index is -0.340. The van der Waals surface area contributed by atoms with Crippen LogP contribution in [0.2, 0.25) is 0 Å². The molecule has 1 aliphatic carbocycles. The number of fused-ring (bicyclic) bond motifs is 2.